The Hall–Kier alpha value is -3.35. The fourth-order valence-corrected chi connectivity index (χ4v) is 3.10. The van der Waals surface area contributed by atoms with Crippen molar-refractivity contribution >= 4 is 31.2 Å². The van der Waals surface area contributed by atoms with E-state index in [1.807, 2.05) is 19.9 Å². The maximum atomic E-state index is 12.7. The Labute approximate surface area is 186 Å². The van der Waals surface area contributed by atoms with Crippen LogP contribution in [0.15, 0.2) is 42.9 Å². The van der Waals surface area contributed by atoms with Crippen molar-refractivity contribution in [3.63, 3.8) is 0 Å². The third-order valence-corrected chi connectivity index (χ3v) is 4.64. The van der Waals surface area contributed by atoms with E-state index < -0.39 is 17.4 Å². The Morgan fingerprint density at radius 1 is 1.35 bits per heavy atom. The number of nitrogens with zero attached hydrogens (tertiary/aromatic N) is 3. The number of halogens is 1. The molecule has 3 heterocycles. The second kappa shape index (κ2) is 9.21. The van der Waals surface area contributed by atoms with Crippen LogP contribution >= 0.6 is 11.6 Å². The number of H-pyrrole nitrogens is 1. The van der Waals surface area contributed by atoms with E-state index in [1.54, 1.807) is 24.4 Å². The van der Waals surface area contributed by atoms with Crippen LogP contribution in [0.25, 0.3) is 11.1 Å². The average Bonchev–Trinajstić information content (AvgIpc) is 3.22. The lowest BCUT2D eigenvalue weighted by atomic mass is 9.82. The SMILES string of the molecule is [B]C(C)(C)Nc1cc(-c2c[nH]c(C(=O)N[C@H](CO)c3ccc(C#N)nc3)c2)c(Cl)cn1. The Bertz CT molecular complexity index is 1120. The quantitative estimate of drug-likeness (QED) is 0.424. The normalized spacial score (nSPS) is 12.1. The molecule has 0 aliphatic rings. The second-order valence-electron chi connectivity index (χ2n) is 7.50. The zero-order chi connectivity index (χ0) is 22.6. The van der Waals surface area contributed by atoms with Crippen molar-refractivity contribution in [3.05, 3.63) is 64.8 Å². The van der Waals surface area contributed by atoms with Crippen molar-refractivity contribution in [2.75, 3.05) is 11.9 Å². The largest absolute Gasteiger partial charge is 0.394 e. The van der Waals surface area contributed by atoms with E-state index in [1.165, 1.54) is 18.5 Å². The van der Waals surface area contributed by atoms with Crippen molar-refractivity contribution in [2.24, 2.45) is 0 Å². The Kier molecular flexibility index (Phi) is 6.63. The van der Waals surface area contributed by atoms with E-state index in [0.29, 0.717) is 27.5 Å². The summed E-state index contributed by atoms with van der Waals surface area (Å²) in [5, 5.41) is 24.8. The summed E-state index contributed by atoms with van der Waals surface area (Å²) in [6.45, 7) is 3.29. The van der Waals surface area contributed by atoms with Gasteiger partial charge in [-0.1, -0.05) is 31.5 Å². The highest BCUT2D eigenvalue weighted by Crippen LogP contribution is 2.30. The highest BCUT2D eigenvalue weighted by atomic mass is 35.5. The monoisotopic (exact) mass is 434 g/mol. The first kappa shape index (κ1) is 22.3. The van der Waals surface area contributed by atoms with Crippen LogP contribution in [0.4, 0.5) is 5.82 Å². The molecule has 0 unspecified atom stereocenters. The van der Waals surface area contributed by atoms with Crippen molar-refractivity contribution in [1.82, 2.24) is 20.3 Å². The molecule has 0 fully saturated rings. The highest BCUT2D eigenvalue weighted by Gasteiger charge is 2.18. The summed E-state index contributed by atoms with van der Waals surface area (Å²) in [6.07, 6.45) is 4.62. The first-order valence-corrected chi connectivity index (χ1v) is 9.77. The minimum atomic E-state index is -0.674. The summed E-state index contributed by atoms with van der Waals surface area (Å²) >= 11 is 6.30. The predicted molar refractivity (Wildman–Crippen MR) is 119 cm³/mol. The second-order valence-corrected chi connectivity index (χ2v) is 7.90. The van der Waals surface area contributed by atoms with E-state index in [0.717, 1.165) is 0 Å². The predicted octanol–water partition coefficient (Wildman–Crippen LogP) is 2.78. The van der Waals surface area contributed by atoms with Crippen LogP contribution in [-0.4, -0.2) is 45.9 Å². The third kappa shape index (κ3) is 5.63. The Morgan fingerprint density at radius 3 is 2.74 bits per heavy atom. The van der Waals surface area contributed by atoms with Crippen molar-refractivity contribution < 1.29 is 9.90 Å². The van der Waals surface area contributed by atoms with Gasteiger partial charge in [0.2, 0.25) is 0 Å². The molecule has 4 N–H and O–H groups in total. The summed E-state index contributed by atoms with van der Waals surface area (Å²) in [5.41, 5.74) is 1.82. The van der Waals surface area contributed by atoms with Crippen molar-refractivity contribution in [1.29, 1.82) is 5.26 Å². The molecule has 1 amide bonds. The topological polar surface area (TPSA) is 127 Å². The molecule has 0 aliphatic carbocycles. The van der Waals surface area contributed by atoms with Crippen LogP contribution in [0.5, 0.6) is 0 Å². The molecular weight excluding hydrogens is 415 g/mol. The molecule has 3 rings (SSSR count). The summed E-state index contributed by atoms with van der Waals surface area (Å²) in [4.78, 5) is 23.8. The molecule has 2 radical (unpaired) electrons. The lowest BCUT2D eigenvalue weighted by molar-refractivity contribution is 0.0911. The lowest BCUT2D eigenvalue weighted by Crippen LogP contribution is -2.31. The maximum Gasteiger partial charge on any atom is 0.268 e. The average molecular weight is 435 g/mol. The molecular formula is C21H20BClN6O2. The van der Waals surface area contributed by atoms with Crippen molar-refractivity contribution in [2.45, 2.75) is 25.3 Å². The van der Waals surface area contributed by atoms with E-state index >= 15 is 0 Å². The molecule has 0 bridgehead atoms. The van der Waals surface area contributed by atoms with Gasteiger partial charge in [0, 0.05) is 29.7 Å². The van der Waals surface area contributed by atoms with E-state index in [4.69, 9.17) is 24.7 Å². The fraction of sp³-hybridized carbons (Fsp3) is 0.238. The molecule has 156 valence electrons. The van der Waals surface area contributed by atoms with E-state index in [9.17, 15) is 9.90 Å². The number of rotatable bonds is 7. The summed E-state index contributed by atoms with van der Waals surface area (Å²) < 4.78 is 0. The molecule has 0 spiro atoms. The van der Waals surface area contributed by atoms with Crippen LogP contribution in [-0.2, 0) is 0 Å². The van der Waals surface area contributed by atoms with Gasteiger partial charge in [-0.05, 0) is 29.2 Å². The van der Waals surface area contributed by atoms with Gasteiger partial charge < -0.3 is 20.7 Å². The fourth-order valence-electron chi connectivity index (χ4n) is 2.89. The Balaban J connectivity index is 1.79. The number of nitrogens with one attached hydrogen (secondary N) is 3. The van der Waals surface area contributed by atoms with E-state index in [-0.39, 0.29) is 18.0 Å². The first-order valence-electron chi connectivity index (χ1n) is 9.39. The summed E-state index contributed by atoms with van der Waals surface area (Å²) in [5.74, 6) is 0.133. The van der Waals surface area contributed by atoms with Crippen LogP contribution in [0, 0.1) is 11.3 Å². The van der Waals surface area contributed by atoms with Gasteiger partial charge in [-0.3, -0.25) is 4.79 Å². The number of anilines is 1. The molecule has 8 nitrogen and oxygen atoms in total. The van der Waals surface area contributed by atoms with Crippen LogP contribution in [0.2, 0.25) is 5.02 Å². The van der Waals surface area contributed by atoms with Gasteiger partial charge in [0.05, 0.1) is 17.7 Å². The molecule has 10 heteroatoms. The number of carbonyl (C=O) groups excluding carboxylic acids is 1. The summed E-state index contributed by atoms with van der Waals surface area (Å²) in [7, 11) is 5.98. The zero-order valence-corrected chi connectivity index (χ0v) is 17.7. The summed E-state index contributed by atoms with van der Waals surface area (Å²) in [6, 6.07) is 7.81. The standard InChI is InChI=1S/C21H20BClN6O2/c1-21(2,22)29-19-6-15(16(23)10-27-19)13-5-17(26-9-13)20(31)28-18(11-30)12-3-4-14(7-24)25-8-12/h3-6,8-10,18,26,30H,11H2,1-2H3,(H,27,29)(H,28,31)/t18-/m1/s1. The van der Waals surface area contributed by atoms with Gasteiger partial charge in [0.25, 0.3) is 5.91 Å². The number of nitriles is 1. The molecule has 0 saturated heterocycles. The van der Waals surface area contributed by atoms with E-state index in [2.05, 4.69) is 25.6 Å². The van der Waals surface area contributed by atoms with Crippen LogP contribution < -0.4 is 10.6 Å². The molecule has 0 aromatic carbocycles. The van der Waals surface area contributed by atoms with Gasteiger partial charge >= 0.3 is 0 Å². The number of hydrogen-bond acceptors (Lipinski definition) is 6. The number of aromatic nitrogens is 3. The Morgan fingerprint density at radius 2 is 2.13 bits per heavy atom. The van der Waals surface area contributed by atoms with Crippen molar-refractivity contribution in [3.8, 4) is 17.2 Å². The number of carbonyl (C=O) groups is 1. The molecule has 0 saturated carbocycles. The van der Waals surface area contributed by atoms with Crippen LogP contribution in [0.3, 0.4) is 0 Å². The minimum Gasteiger partial charge on any atom is -0.394 e. The van der Waals surface area contributed by atoms with Gasteiger partial charge in [0.15, 0.2) is 0 Å². The highest BCUT2D eigenvalue weighted by molar-refractivity contribution is 6.33. The molecule has 1 atom stereocenters. The van der Waals surface area contributed by atoms with Gasteiger partial charge in [0.1, 0.15) is 31.1 Å². The van der Waals surface area contributed by atoms with Crippen LogP contribution in [0.1, 0.15) is 41.6 Å². The molecule has 31 heavy (non-hydrogen) atoms. The number of aromatic amines is 1. The van der Waals surface area contributed by atoms with Gasteiger partial charge in [-0.15, -0.1) is 0 Å². The van der Waals surface area contributed by atoms with Gasteiger partial charge in [-0.2, -0.15) is 5.26 Å². The number of aliphatic hydroxyl groups excluding tert-OH is 1. The number of pyridine rings is 2. The lowest BCUT2D eigenvalue weighted by Gasteiger charge is -2.22. The minimum absolute atomic E-state index is 0.252. The smallest absolute Gasteiger partial charge is 0.268 e. The molecule has 0 aliphatic heterocycles. The first-order chi connectivity index (χ1) is 14.7. The number of aliphatic hydroxyl groups is 1. The number of hydrogen-bond donors (Lipinski definition) is 4. The number of amides is 1. The maximum absolute atomic E-state index is 12.7. The third-order valence-electron chi connectivity index (χ3n) is 4.34. The zero-order valence-electron chi connectivity index (χ0n) is 17.0. The molecule has 3 aromatic rings. The van der Waals surface area contributed by atoms with Gasteiger partial charge in [-0.25, -0.2) is 9.97 Å². The molecule has 3 aromatic heterocycles.